The first-order valence-electron chi connectivity index (χ1n) is 13.2. The van der Waals surface area contributed by atoms with Crippen LogP contribution in [0.3, 0.4) is 0 Å². The topological polar surface area (TPSA) is 58.4 Å². The highest BCUT2D eigenvalue weighted by molar-refractivity contribution is 6.23. The number of nitrogens with zero attached hydrogens (tertiary/aromatic N) is 4. The standard InChI is InChI=1S/C30H25F4N5O/c1-16(2)15-40-25-5-3-4-19-18-6-7-23-20(8-10-35-23)26(18)28-21-14-38(11-9-24(21)37-39(28)27(19)25)29-22(31)12-17(13-36-29)30(32,33)34/h3-8,10,12-13,16,37H,9,11,14-15H2,1-2H3. The summed E-state index contributed by atoms with van der Waals surface area (Å²) in [5.74, 6) is -0.00487. The maximum atomic E-state index is 15.0. The van der Waals surface area contributed by atoms with E-state index in [2.05, 4.69) is 41.0 Å². The van der Waals surface area contributed by atoms with Crippen LogP contribution in [0.1, 0.15) is 30.7 Å². The lowest BCUT2D eigenvalue weighted by Crippen LogP contribution is -2.31. The smallest absolute Gasteiger partial charge is 0.417 e. The summed E-state index contributed by atoms with van der Waals surface area (Å²) < 4.78 is 62.7. The lowest BCUT2D eigenvalue weighted by molar-refractivity contribution is -0.138. The number of pyridine rings is 2. The van der Waals surface area contributed by atoms with E-state index in [-0.39, 0.29) is 12.4 Å². The molecule has 4 aromatic heterocycles. The van der Waals surface area contributed by atoms with Crippen LogP contribution in [0.15, 0.2) is 54.9 Å². The number of hydrogen-bond donors (Lipinski definition) is 1. The molecule has 1 N–H and O–H groups in total. The van der Waals surface area contributed by atoms with Crippen molar-refractivity contribution in [1.29, 1.82) is 0 Å². The first-order chi connectivity index (χ1) is 19.2. The molecule has 0 saturated heterocycles. The number of ether oxygens (including phenoxy) is 1. The number of H-pyrrole nitrogens is 1. The molecule has 0 amide bonds. The lowest BCUT2D eigenvalue weighted by Gasteiger charge is -2.28. The van der Waals surface area contributed by atoms with Crippen LogP contribution < -0.4 is 9.64 Å². The number of aromatic nitrogens is 4. The van der Waals surface area contributed by atoms with E-state index in [9.17, 15) is 17.6 Å². The van der Waals surface area contributed by atoms with Crippen molar-refractivity contribution in [3.8, 4) is 5.75 Å². The summed E-state index contributed by atoms with van der Waals surface area (Å²) in [6, 6.07) is 12.6. The van der Waals surface area contributed by atoms with Gasteiger partial charge in [0.1, 0.15) is 11.3 Å². The molecule has 0 spiro atoms. The molecule has 0 saturated carbocycles. The third-order valence-corrected chi connectivity index (χ3v) is 7.55. The molecule has 0 unspecified atom stereocenters. The van der Waals surface area contributed by atoms with Crippen LogP contribution in [-0.4, -0.2) is 32.7 Å². The molecular formula is C30H25F4N5O. The maximum Gasteiger partial charge on any atom is 0.417 e. The highest BCUT2D eigenvalue weighted by Gasteiger charge is 2.33. The molecule has 7 rings (SSSR count). The van der Waals surface area contributed by atoms with Gasteiger partial charge in [-0.1, -0.05) is 32.0 Å². The Kier molecular flexibility index (Phi) is 5.45. The quantitative estimate of drug-likeness (QED) is 0.186. The van der Waals surface area contributed by atoms with Gasteiger partial charge >= 0.3 is 6.18 Å². The number of anilines is 1. The summed E-state index contributed by atoms with van der Waals surface area (Å²) in [4.78, 5) is 10.1. The fraction of sp³-hybridized carbons (Fsp3) is 0.267. The van der Waals surface area contributed by atoms with Gasteiger partial charge in [0.15, 0.2) is 11.6 Å². The molecule has 10 heteroatoms. The number of hydrogen-bond acceptors (Lipinski definition) is 4. The number of rotatable bonds is 4. The average Bonchev–Trinajstić information content (AvgIpc) is 3.55. The third kappa shape index (κ3) is 3.76. The average molecular weight is 548 g/mol. The van der Waals surface area contributed by atoms with Gasteiger partial charge < -0.3 is 9.64 Å². The first-order valence-corrected chi connectivity index (χ1v) is 13.2. The Morgan fingerprint density at radius 3 is 2.65 bits per heavy atom. The van der Waals surface area contributed by atoms with Gasteiger partial charge in [-0.3, -0.25) is 14.6 Å². The van der Waals surface area contributed by atoms with E-state index in [1.54, 1.807) is 11.1 Å². The number of aromatic amines is 1. The lowest BCUT2D eigenvalue weighted by atomic mass is 9.97. The monoisotopic (exact) mass is 547 g/mol. The number of halogens is 4. The summed E-state index contributed by atoms with van der Waals surface area (Å²) in [5.41, 5.74) is 3.47. The fourth-order valence-electron chi connectivity index (χ4n) is 5.76. The Hall–Kier alpha value is -4.34. The van der Waals surface area contributed by atoms with Crippen LogP contribution in [0.4, 0.5) is 23.4 Å². The SMILES string of the molecule is CC(C)COc1cccc2c3ccc4nccc4c3c3c4c([nH]n3c12)CCN(c1ncc(C(F)(F)F)cc1F)C4. The summed E-state index contributed by atoms with van der Waals surface area (Å²) in [6.07, 6.45) is -1.66. The zero-order valence-corrected chi connectivity index (χ0v) is 21.8. The second-order valence-electron chi connectivity index (χ2n) is 10.7. The zero-order valence-electron chi connectivity index (χ0n) is 21.8. The predicted octanol–water partition coefficient (Wildman–Crippen LogP) is 7.27. The highest BCUT2D eigenvalue weighted by atomic mass is 19.4. The van der Waals surface area contributed by atoms with Crippen molar-refractivity contribution in [3.63, 3.8) is 0 Å². The van der Waals surface area contributed by atoms with Gasteiger partial charge in [0.2, 0.25) is 0 Å². The normalized spacial score (nSPS) is 14.2. The van der Waals surface area contributed by atoms with Crippen LogP contribution in [0, 0.1) is 11.7 Å². The molecule has 5 heterocycles. The van der Waals surface area contributed by atoms with Gasteiger partial charge in [-0.25, -0.2) is 9.37 Å². The molecule has 0 bridgehead atoms. The third-order valence-electron chi connectivity index (χ3n) is 7.55. The van der Waals surface area contributed by atoms with E-state index in [0.717, 1.165) is 55.1 Å². The largest absolute Gasteiger partial charge is 0.491 e. The van der Waals surface area contributed by atoms with Crippen LogP contribution in [-0.2, 0) is 19.1 Å². The molecule has 6 aromatic rings. The Labute approximate surface area is 226 Å². The van der Waals surface area contributed by atoms with E-state index in [0.29, 0.717) is 37.8 Å². The van der Waals surface area contributed by atoms with Crippen molar-refractivity contribution in [2.24, 2.45) is 5.92 Å². The van der Waals surface area contributed by atoms with Crippen molar-refractivity contribution in [3.05, 3.63) is 77.5 Å². The molecule has 0 aliphatic carbocycles. The summed E-state index contributed by atoms with van der Waals surface area (Å²) in [7, 11) is 0. The molecule has 0 radical (unpaired) electrons. The minimum Gasteiger partial charge on any atom is -0.491 e. The molecule has 2 aromatic carbocycles. The van der Waals surface area contributed by atoms with Gasteiger partial charge in [-0.2, -0.15) is 13.2 Å². The zero-order chi connectivity index (χ0) is 27.8. The molecular weight excluding hydrogens is 522 g/mol. The molecule has 0 atom stereocenters. The van der Waals surface area contributed by atoms with E-state index < -0.39 is 17.6 Å². The second kappa shape index (κ2) is 8.84. The van der Waals surface area contributed by atoms with Gasteiger partial charge in [0.05, 0.1) is 23.2 Å². The van der Waals surface area contributed by atoms with Gasteiger partial charge in [-0.05, 0) is 35.6 Å². The van der Waals surface area contributed by atoms with Crippen molar-refractivity contribution in [2.45, 2.75) is 33.0 Å². The van der Waals surface area contributed by atoms with Crippen LogP contribution >= 0.6 is 0 Å². The number of benzene rings is 2. The maximum absolute atomic E-state index is 15.0. The van der Waals surface area contributed by atoms with E-state index in [1.807, 2.05) is 28.8 Å². The van der Waals surface area contributed by atoms with Crippen molar-refractivity contribution in [2.75, 3.05) is 18.1 Å². The van der Waals surface area contributed by atoms with E-state index >= 15 is 0 Å². The molecule has 0 fully saturated rings. The fourth-order valence-corrected chi connectivity index (χ4v) is 5.76. The molecule has 1 aliphatic heterocycles. The van der Waals surface area contributed by atoms with Gasteiger partial charge in [-0.15, -0.1) is 0 Å². The highest BCUT2D eigenvalue weighted by Crippen LogP contribution is 2.41. The Morgan fingerprint density at radius 1 is 1.02 bits per heavy atom. The first kappa shape index (κ1) is 24.7. The molecule has 40 heavy (non-hydrogen) atoms. The summed E-state index contributed by atoms with van der Waals surface area (Å²) in [5, 5.41) is 7.62. The summed E-state index contributed by atoms with van der Waals surface area (Å²) >= 11 is 0. The van der Waals surface area contributed by atoms with Crippen molar-refractivity contribution < 1.29 is 22.3 Å². The van der Waals surface area contributed by atoms with Crippen LogP contribution in [0.2, 0.25) is 0 Å². The number of para-hydroxylation sites is 1. The second-order valence-corrected chi connectivity index (χ2v) is 10.7. The Balaban J connectivity index is 1.48. The number of nitrogens with one attached hydrogen (secondary N) is 1. The van der Waals surface area contributed by atoms with Crippen molar-refractivity contribution >= 4 is 43.9 Å². The van der Waals surface area contributed by atoms with Crippen LogP contribution in [0.25, 0.3) is 38.1 Å². The molecule has 204 valence electrons. The summed E-state index contributed by atoms with van der Waals surface area (Å²) in [6.45, 7) is 5.42. The predicted molar refractivity (Wildman–Crippen MR) is 146 cm³/mol. The number of fused-ring (bicyclic) bond motifs is 10. The van der Waals surface area contributed by atoms with E-state index in [1.165, 1.54) is 0 Å². The van der Waals surface area contributed by atoms with Gasteiger partial charge in [0, 0.05) is 59.3 Å². The molecule has 1 aliphatic rings. The van der Waals surface area contributed by atoms with Crippen molar-refractivity contribution in [1.82, 2.24) is 19.6 Å². The Bertz CT molecular complexity index is 1940. The minimum absolute atomic E-state index is 0.0934. The minimum atomic E-state index is -4.66. The van der Waals surface area contributed by atoms with Gasteiger partial charge in [0.25, 0.3) is 0 Å². The Morgan fingerprint density at radius 2 is 1.88 bits per heavy atom. The molecule has 6 nitrogen and oxygen atoms in total. The number of alkyl halides is 3. The van der Waals surface area contributed by atoms with E-state index in [4.69, 9.17) is 4.74 Å². The van der Waals surface area contributed by atoms with Crippen LogP contribution in [0.5, 0.6) is 5.75 Å².